The molecule has 0 aromatic heterocycles. The Morgan fingerprint density at radius 3 is 2.41 bits per heavy atom. The maximum Gasteiger partial charge on any atom is 0.0687 e. The topological polar surface area (TPSA) is 67.5 Å². The second kappa shape index (κ2) is 8.57. The number of hydrogen-bond acceptors (Lipinski definition) is 3. The maximum absolute atomic E-state index is 11.0. The number of piperidine rings is 1. The van der Waals surface area contributed by atoms with Crippen molar-refractivity contribution in [3.8, 4) is 0 Å². The van der Waals surface area contributed by atoms with E-state index in [2.05, 4.69) is 41.5 Å². The standard InChI is InChI=1S/C30H51N2O2/c1-18-13-25(34)27(32(31)17-18)20(3)28(4)10-9-24-23(19(2)16-28)15-26-29(5)12-8-22(33)14-21(29)7-11-30(24,26)6/h18,20-22,24-27,31,33-34H,7-17H2,1-6H3/q-1/t18-,20+,21?,22-,24?,25?,26+,27?,28+,29?,30-/m0/s1. The third-order valence-electron chi connectivity index (χ3n) is 12.5. The Balaban J connectivity index is 1.42. The monoisotopic (exact) mass is 471 g/mol. The van der Waals surface area contributed by atoms with Gasteiger partial charge >= 0.3 is 0 Å². The molecule has 4 aliphatic carbocycles. The lowest BCUT2D eigenvalue weighted by Gasteiger charge is -2.58. The van der Waals surface area contributed by atoms with Crippen LogP contribution >= 0.6 is 0 Å². The van der Waals surface area contributed by atoms with Crippen LogP contribution in [0.1, 0.15) is 106 Å². The average molecular weight is 472 g/mol. The molecule has 0 amide bonds. The van der Waals surface area contributed by atoms with Crippen molar-refractivity contribution in [2.75, 3.05) is 6.54 Å². The lowest BCUT2D eigenvalue weighted by atomic mass is 9.47. The van der Waals surface area contributed by atoms with Crippen LogP contribution in [0, 0.1) is 45.8 Å². The van der Waals surface area contributed by atoms with E-state index in [0.29, 0.717) is 34.5 Å². The Hall–Kier alpha value is -0.420. The normalized spacial score (nSPS) is 53.0. The predicted octanol–water partition coefficient (Wildman–Crippen LogP) is 6.77. The van der Waals surface area contributed by atoms with E-state index in [0.717, 1.165) is 38.1 Å². The third-order valence-corrected chi connectivity index (χ3v) is 12.5. The summed E-state index contributed by atoms with van der Waals surface area (Å²) in [5.41, 5.74) is 4.31. The fourth-order valence-corrected chi connectivity index (χ4v) is 10.3. The molecule has 11 atom stereocenters. The molecule has 0 aromatic rings. The molecular weight excluding hydrogens is 420 g/mol. The lowest BCUT2D eigenvalue weighted by Crippen LogP contribution is -2.54. The number of hydrogen-bond donors (Lipinski definition) is 2. The van der Waals surface area contributed by atoms with Gasteiger partial charge in [0.25, 0.3) is 0 Å². The molecule has 3 saturated carbocycles. The zero-order valence-corrected chi connectivity index (χ0v) is 22.7. The first-order valence-corrected chi connectivity index (χ1v) is 14.4. The van der Waals surface area contributed by atoms with Gasteiger partial charge in [-0.2, -0.15) is 0 Å². The molecule has 0 spiro atoms. The lowest BCUT2D eigenvalue weighted by molar-refractivity contribution is -0.104. The molecule has 34 heavy (non-hydrogen) atoms. The molecule has 4 heteroatoms. The zero-order chi connectivity index (χ0) is 24.6. The van der Waals surface area contributed by atoms with Crippen LogP contribution in [0.15, 0.2) is 11.1 Å². The summed E-state index contributed by atoms with van der Waals surface area (Å²) in [6.07, 6.45) is 11.0. The number of allylic oxidation sites excluding steroid dienone is 2. The second-order valence-electron chi connectivity index (χ2n) is 14.5. The van der Waals surface area contributed by atoms with E-state index < -0.39 is 0 Å². The van der Waals surface area contributed by atoms with E-state index in [1.165, 1.54) is 38.5 Å². The highest BCUT2D eigenvalue weighted by Gasteiger charge is 2.62. The average Bonchev–Trinajstić information content (AvgIpc) is 2.98. The van der Waals surface area contributed by atoms with Gasteiger partial charge in [-0.15, -0.1) is 0 Å². The summed E-state index contributed by atoms with van der Waals surface area (Å²) in [4.78, 5) is 0. The summed E-state index contributed by atoms with van der Waals surface area (Å²) in [6.45, 7) is 15.3. The van der Waals surface area contributed by atoms with Gasteiger partial charge in [-0.05, 0) is 124 Å². The second-order valence-corrected chi connectivity index (χ2v) is 14.5. The number of nitrogens with zero attached hydrogens (tertiary/aromatic N) is 1. The number of fused-ring (bicyclic) bond motifs is 5. The largest absolute Gasteiger partial charge is 0.609 e. The first-order valence-electron chi connectivity index (χ1n) is 14.4. The van der Waals surface area contributed by atoms with Crippen LogP contribution in [0.3, 0.4) is 0 Å². The minimum absolute atomic E-state index is 0.0525. The highest BCUT2D eigenvalue weighted by molar-refractivity contribution is 5.30. The first kappa shape index (κ1) is 25.2. The van der Waals surface area contributed by atoms with E-state index in [-0.39, 0.29) is 23.7 Å². The van der Waals surface area contributed by atoms with Crippen molar-refractivity contribution in [3.05, 3.63) is 17.0 Å². The highest BCUT2D eigenvalue weighted by Crippen LogP contribution is 2.70. The molecule has 0 radical (unpaired) electrons. The summed E-state index contributed by atoms with van der Waals surface area (Å²) in [6, 6.07) is -0.0525. The van der Waals surface area contributed by atoms with E-state index in [1.54, 1.807) is 16.2 Å². The van der Waals surface area contributed by atoms with Crippen LogP contribution in [0.2, 0.25) is 0 Å². The van der Waals surface area contributed by atoms with Gasteiger partial charge in [0, 0.05) is 6.04 Å². The molecule has 3 N–H and O–H groups in total. The van der Waals surface area contributed by atoms with E-state index in [4.69, 9.17) is 5.84 Å². The summed E-state index contributed by atoms with van der Waals surface area (Å²) >= 11 is 0. The molecule has 4 nitrogen and oxygen atoms in total. The molecule has 0 aromatic carbocycles. The van der Waals surface area contributed by atoms with E-state index in [9.17, 15) is 10.2 Å². The smallest absolute Gasteiger partial charge is 0.0687 e. The Bertz CT molecular complexity index is 815. The predicted molar refractivity (Wildman–Crippen MR) is 139 cm³/mol. The highest BCUT2D eigenvalue weighted by atomic mass is 16.3. The van der Waals surface area contributed by atoms with E-state index >= 15 is 0 Å². The van der Waals surface area contributed by atoms with Crippen LogP contribution in [0.25, 0.3) is 5.84 Å². The van der Waals surface area contributed by atoms with Gasteiger partial charge in [-0.25, -0.2) is 0 Å². The Morgan fingerprint density at radius 1 is 1.00 bits per heavy atom. The first-order chi connectivity index (χ1) is 15.9. The van der Waals surface area contributed by atoms with Crippen molar-refractivity contribution in [2.24, 2.45) is 45.8 Å². The van der Waals surface area contributed by atoms with Gasteiger partial charge in [0.05, 0.1) is 12.2 Å². The molecule has 194 valence electrons. The quantitative estimate of drug-likeness (QED) is 0.437. The van der Waals surface area contributed by atoms with Crippen LogP contribution in [-0.4, -0.2) is 40.0 Å². The Kier molecular flexibility index (Phi) is 6.36. The van der Waals surface area contributed by atoms with Gasteiger partial charge in [0.15, 0.2) is 0 Å². The molecule has 1 heterocycles. The van der Waals surface area contributed by atoms with Crippen molar-refractivity contribution in [2.45, 2.75) is 124 Å². The summed E-state index contributed by atoms with van der Waals surface area (Å²) in [5.74, 6) is 11.5. The zero-order valence-electron chi connectivity index (χ0n) is 22.7. The SMILES string of the molecule is CC1=C2C[C@@H]3C4(C)CC[C@H](O)CC4CC[C@@]3(C)C2CC[C@@](C)([C@H](C)C2C(O)C[C@H](C)CN2[NH-])C1. The number of rotatable bonds is 2. The summed E-state index contributed by atoms with van der Waals surface area (Å²) < 4.78 is 0. The number of aliphatic hydroxyl groups is 2. The summed E-state index contributed by atoms with van der Waals surface area (Å²) in [5, 5.41) is 23.1. The van der Waals surface area contributed by atoms with Gasteiger partial charge in [0.1, 0.15) is 0 Å². The fraction of sp³-hybridized carbons (Fsp3) is 0.933. The summed E-state index contributed by atoms with van der Waals surface area (Å²) in [7, 11) is 0. The van der Waals surface area contributed by atoms with Crippen molar-refractivity contribution < 1.29 is 10.2 Å². The third kappa shape index (κ3) is 3.76. The van der Waals surface area contributed by atoms with Gasteiger partial charge in [-0.3, -0.25) is 0 Å². The van der Waals surface area contributed by atoms with Crippen LogP contribution < -0.4 is 0 Å². The maximum atomic E-state index is 11.0. The van der Waals surface area contributed by atoms with Crippen molar-refractivity contribution >= 4 is 0 Å². The van der Waals surface area contributed by atoms with Crippen LogP contribution in [0.5, 0.6) is 0 Å². The van der Waals surface area contributed by atoms with Crippen molar-refractivity contribution in [1.29, 1.82) is 0 Å². The minimum atomic E-state index is -0.387. The molecule has 5 unspecified atom stereocenters. The Labute approximate surface area is 208 Å². The molecule has 1 aliphatic heterocycles. The van der Waals surface area contributed by atoms with Crippen molar-refractivity contribution in [1.82, 2.24) is 5.01 Å². The number of aliphatic hydroxyl groups excluding tert-OH is 2. The van der Waals surface area contributed by atoms with Crippen LogP contribution in [-0.2, 0) is 0 Å². The van der Waals surface area contributed by atoms with Crippen LogP contribution in [0.4, 0.5) is 0 Å². The molecule has 4 fully saturated rings. The molecule has 0 bridgehead atoms. The van der Waals surface area contributed by atoms with Gasteiger partial charge in [-0.1, -0.05) is 45.8 Å². The Morgan fingerprint density at radius 2 is 1.71 bits per heavy atom. The van der Waals surface area contributed by atoms with E-state index in [1.807, 2.05) is 0 Å². The fourth-order valence-electron chi connectivity index (χ4n) is 10.3. The minimum Gasteiger partial charge on any atom is -0.609 e. The molecular formula is C30H51N2O2-. The van der Waals surface area contributed by atoms with Gasteiger partial charge in [0.2, 0.25) is 0 Å². The molecule has 5 aliphatic rings. The molecule has 5 rings (SSSR count). The van der Waals surface area contributed by atoms with Gasteiger partial charge < -0.3 is 21.1 Å². The molecule has 1 saturated heterocycles. The van der Waals surface area contributed by atoms with Crippen molar-refractivity contribution in [3.63, 3.8) is 0 Å². The number of nitrogens with one attached hydrogen (secondary N) is 1.